The SMILES string of the molecule is CN(CCO)C(=O)CC1CCCCC1(C)C. The van der Waals surface area contributed by atoms with E-state index < -0.39 is 0 Å². The Kier molecular flexibility index (Phi) is 4.78. The van der Waals surface area contributed by atoms with E-state index in [1.165, 1.54) is 25.7 Å². The van der Waals surface area contributed by atoms with E-state index in [0.717, 1.165) is 0 Å². The average Bonchev–Trinajstić information content (AvgIpc) is 2.21. The van der Waals surface area contributed by atoms with Crippen LogP contribution >= 0.6 is 0 Å². The highest BCUT2D eigenvalue weighted by Gasteiger charge is 2.33. The summed E-state index contributed by atoms with van der Waals surface area (Å²) in [7, 11) is 1.77. The van der Waals surface area contributed by atoms with Crippen LogP contribution in [-0.2, 0) is 4.79 Å². The van der Waals surface area contributed by atoms with Crippen molar-refractivity contribution in [2.75, 3.05) is 20.2 Å². The lowest BCUT2D eigenvalue weighted by molar-refractivity contribution is -0.132. The van der Waals surface area contributed by atoms with Crippen molar-refractivity contribution in [2.45, 2.75) is 46.0 Å². The number of nitrogens with zero attached hydrogens (tertiary/aromatic N) is 1. The molecule has 0 heterocycles. The third kappa shape index (κ3) is 3.48. The zero-order valence-corrected chi connectivity index (χ0v) is 10.8. The van der Waals surface area contributed by atoms with Gasteiger partial charge in [0.15, 0.2) is 0 Å². The molecule has 94 valence electrons. The first kappa shape index (κ1) is 13.5. The third-order valence-corrected chi connectivity index (χ3v) is 4.01. The molecule has 1 rings (SSSR count). The topological polar surface area (TPSA) is 40.5 Å². The van der Waals surface area contributed by atoms with Crippen LogP contribution in [0.25, 0.3) is 0 Å². The van der Waals surface area contributed by atoms with Crippen LogP contribution < -0.4 is 0 Å². The molecule has 1 aliphatic rings. The molecule has 1 N–H and O–H groups in total. The Labute approximate surface area is 98.8 Å². The minimum Gasteiger partial charge on any atom is -0.395 e. The molecule has 1 atom stereocenters. The lowest BCUT2D eigenvalue weighted by Crippen LogP contribution is -2.36. The Morgan fingerprint density at radius 3 is 2.69 bits per heavy atom. The van der Waals surface area contributed by atoms with Crippen molar-refractivity contribution in [2.24, 2.45) is 11.3 Å². The molecule has 1 aliphatic carbocycles. The zero-order valence-electron chi connectivity index (χ0n) is 10.8. The Morgan fingerprint density at radius 2 is 2.12 bits per heavy atom. The van der Waals surface area contributed by atoms with Crippen molar-refractivity contribution in [3.63, 3.8) is 0 Å². The Hall–Kier alpha value is -0.570. The average molecular weight is 227 g/mol. The fourth-order valence-electron chi connectivity index (χ4n) is 2.59. The monoisotopic (exact) mass is 227 g/mol. The van der Waals surface area contributed by atoms with Crippen LogP contribution in [0.4, 0.5) is 0 Å². The van der Waals surface area contributed by atoms with Crippen LogP contribution in [0.2, 0.25) is 0 Å². The summed E-state index contributed by atoms with van der Waals surface area (Å²) in [4.78, 5) is 13.5. The van der Waals surface area contributed by atoms with Crippen LogP contribution in [0.5, 0.6) is 0 Å². The molecular formula is C13H25NO2. The highest BCUT2D eigenvalue weighted by Crippen LogP contribution is 2.42. The number of hydrogen-bond donors (Lipinski definition) is 1. The first-order chi connectivity index (χ1) is 7.47. The van der Waals surface area contributed by atoms with Gasteiger partial charge < -0.3 is 10.0 Å². The van der Waals surface area contributed by atoms with E-state index in [-0.39, 0.29) is 12.5 Å². The minimum atomic E-state index is 0.0519. The van der Waals surface area contributed by atoms with Gasteiger partial charge in [-0.3, -0.25) is 4.79 Å². The highest BCUT2D eigenvalue weighted by molar-refractivity contribution is 5.76. The molecule has 0 aromatic carbocycles. The number of likely N-dealkylation sites (N-methyl/N-ethyl adjacent to an activating group) is 1. The van der Waals surface area contributed by atoms with Crippen LogP contribution in [0, 0.1) is 11.3 Å². The summed E-state index contributed by atoms with van der Waals surface area (Å²) >= 11 is 0. The second-order valence-corrected chi connectivity index (χ2v) is 5.67. The Bertz CT molecular complexity index is 238. The van der Waals surface area contributed by atoms with E-state index >= 15 is 0 Å². The first-order valence-corrected chi connectivity index (χ1v) is 6.32. The van der Waals surface area contributed by atoms with E-state index in [4.69, 9.17) is 5.11 Å². The number of aliphatic hydroxyl groups excluding tert-OH is 1. The highest BCUT2D eigenvalue weighted by atomic mass is 16.3. The third-order valence-electron chi connectivity index (χ3n) is 4.01. The molecule has 0 radical (unpaired) electrons. The number of carbonyl (C=O) groups excluding carboxylic acids is 1. The number of carbonyl (C=O) groups is 1. The molecule has 1 fully saturated rings. The predicted octanol–water partition coefficient (Wildman–Crippen LogP) is 2.04. The molecule has 3 nitrogen and oxygen atoms in total. The molecule has 1 unspecified atom stereocenters. The molecule has 16 heavy (non-hydrogen) atoms. The van der Waals surface area contributed by atoms with Crippen LogP contribution in [-0.4, -0.2) is 36.1 Å². The first-order valence-electron chi connectivity index (χ1n) is 6.32. The van der Waals surface area contributed by atoms with Gasteiger partial charge in [0.25, 0.3) is 0 Å². The molecule has 0 spiro atoms. The van der Waals surface area contributed by atoms with E-state index in [9.17, 15) is 4.79 Å². The molecule has 0 bridgehead atoms. The number of aliphatic hydroxyl groups is 1. The van der Waals surface area contributed by atoms with Crippen molar-refractivity contribution in [1.82, 2.24) is 4.90 Å². The second kappa shape index (κ2) is 5.67. The fourth-order valence-corrected chi connectivity index (χ4v) is 2.59. The van der Waals surface area contributed by atoms with Gasteiger partial charge >= 0.3 is 0 Å². The van der Waals surface area contributed by atoms with Gasteiger partial charge in [0.05, 0.1) is 6.61 Å². The van der Waals surface area contributed by atoms with Crippen molar-refractivity contribution < 1.29 is 9.90 Å². The molecule has 0 aromatic rings. The Morgan fingerprint density at radius 1 is 1.44 bits per heavy atom. The van der Waals surface area contributed by atoms with Gasteiger partial charge in [-0.25, -0.2) is 0 Å². The zero-order chi connectivity index (χ0) is 12.2. The molecule has 0 aromatic heterocycles. The smallest absolute Gasteiger partial charge is 0.222 e. The molecule has 1 saturated carbocycles. The standard InChI is InChI=1S/C13H25NO2/c1-13(2)7-5-4-6-11(13)10-12(16)14(3)8-9-15/h11,15H,4-10H2,1-3H3. The van der Waals surface area contributed by atoms with Crippen molar-refractivity contribution >= 4 is 5.91 Å². The van der Waals surface area contributed by atoms with E-state index in [1.54, 1.807) is 11.9 Å². The second-order valence-electron chi connectivity index (χ2n) is 5.67. The maximum absolute atomic E-state index is 11.9. The van der Waals surface area contributed by atoms with Crippen LogP contribution in [0.3, 0.4) is 0 Å². The summed E-state index contributed by atoms with van der Waals surface area (Å²) in [6.07, 6.45) is 5.60. The summed E-state index contributed by atoms with van der Waals surface area (Å²) in [5.41, 5.74) is 0.300. The summed E-state index contributed by atoms with van der Waals surface area (Å²) in [6.45, 7) is 5.05. The maximum atomic E-state index is 11.9. The van der Waals surface area contributed by atoms with Gasteiger partial charge in [-0.2, -0.15) is 0 Å². The fraction of sp³-hybridized carbons (Fsp3) is 0.923. The van der Waals surface area contributed by atoms with E-state index in [1.807, 2.05) is 0 Å². The minimum absolute atomic E-state index is 0.0519. The van der Waals surface area contributed by atoms with Gasteiger partial charge in [0, 0.05) is 20.0 Å². The van der Waals surface area contributed by atoms with Crippen molar-refractivity contribution in [3.8, 4) is 0 Å². The van der Waals surface area contributed by atoms with Gasteiger partial charge in [-0.15, -0.1) is 0 Å². The van der Waals surface area contributed by atoms with Gasteiger partial charge in [0.1, 0.15) is 0 Å². The summed E-state index contributed by atoms with van der Waals surface area (Å²) in [5.74, 6) is 0.684. The van der Waals surface area contributed by atoms with Crippen molar-refractivity contribution in [1.29, 1.82) is 0 Å². The number of rotatable bonds is 4. The predicted molar refractivity (Wildman–Crippen MR) is 65.1 cm³/mol. The quantitative estimate of drug-likeness (QED) is 0.798. The number of amides is 1. The lowest BCUT2D eigenvalue weighted by atomic mass is 9.67. The van der Waals surface area contributed by atoms with Gasteiger partial charge in [-0.05, 0) is 24.2 Å². The molecule has 0 saturated heterocycles. The van der Waals surface area contributed by atoms with E-state index in [2.05, 4.69) is 13.8 Å². The molecule has 1 amide bonds. The van der Waals surface area contributed by atoms with Crippen molar-refractivity contribution in [3.05, 3.63) is 0 Å². The molecular weight excluding hydrogens is 202 g/mol. The largest absolute Gasteiger partial charge is 0.395 e. The molecule has 0 aliphatic heterocycles. The summed E-state index contributed by atoms with van der Waals surface area (Å²) < 4.78 is 0. The number of hydrogen-bond acceptors (Lipinski definition) is 2. The lowest BCUT2D eigenvalue weighted by Gasteiger charge is -2.39. The normalized spacial score (nSPS) is 24.1. The van der Waals surface area contributed by atoms with Gasteiger partial charge in [0.2, 0.25) is 5.91 Å². The van der Waals surface area contributed by atoms with Crippen LogP contribution in [0.1, 0.15) is 46.0 Å². The molecule has 3 heteroatoms. The maximum Gasteiger partial charge on any atom is 0.222 e. The summed E-state index contributed by atoms with van der Waals surface area (Å²) in [5, 5.41) is 8.80. The van der Waals surface area contributed by atoms with Gasteiger partial charge in [-0.1, -0.05) is 26.7 Å². The van der Waals surface area contributed by atoms with E-state index in [0.29, 0.717) is 24.3 Å². The summed E-state index contributed by atoms with van der Waals surface area (Å²) in [6, 6.07) is 0. The Balaban J connectivity index is 2.49. The van der Waals surface area contributed by atoms with Crippen LogP contribution in [0.15, 0.2) is 0 Å².